The van der Waals surface area contributed by atoms with Crippen molar-refractivity contribution in [3.05, 3.63) is 23.8 Å². The molecule has 0 radical (unpaired) electrons. The van der Waals surface area contributed by atoms with Crippen LogP contribution in [0.25, 0.3) is 10.2 Å². The first-order valence-corrected chi connectivity index (χ1v) is 4.00. The SMILES string of the molecule is O=C(O)c1ccc2nnsc2c1. The molecule has 0 spiro atoms. The lowest BCUT2D eigenvalue weighted by Crippen LogP contribution is -1.94. The number of aromatic nitrogens is 2. The van der Waals surface area contributed by atoms with Gasteiger partial charge in [0.15, 0.2) is 0 Å². The van der Waals surface area contributed by atoms with Crippen LogP contribution in [-0.4, -0.2) is 20.7 Å². The van der Waals surface area contributed by atoms with Gasteiger partial charge in [-0.2, -0.15) is 0 Å². The molecule has 0 amide bonds. The van der Waals surface area contributed by atoms with Crippen LogP contribution in [0.1, 0.15) is 10.4 Å². The third-order valence-electron chi connectivity index (χ3n) is 1.49. The van der Waals surface area contributed by atoms with Crippen molar-refractivity contribution in [3.8, 4) is 0 Å². The highest BCUT2D eigenvalue weighted by atomic mass is 32.1. The lowest BCUT2D eigenvalue weighted by Gasteiger charge is -1.90. The Morgan fingerprint density at radius 1 is 1.50 bits per heavy atom. The van der Waals surface area contributed by atoms with Gasteiger partial charge in [0.1, 0.15) is 5.52 Å². The largest absolute Gasteiger partial charge is 0.478 e. The van der Waals surface area contributed by atoms with E-state index < -0.39 is 5.97 Å². The molecule has 60 valence electrons. The number of aromatic carboxylic acids is 1. The van der Waals surface area contributed by atoms with E-state index in [-0.39, 0.29) is 5.56 Å². The molecule has 0 aliphatic carbocycles. The van der Waals surface area contributed by atoms with Crippen molar-refractivity contribution in [3.63, 3.8) is 0 Å². The topological polar surface area (TPSA) is 63.1 Å². The predicted octanol–water partition coefficient (Wildman–Crippen LogP) is 1.39. The molecular weight excluding hydrogens is 176 g/mol. The fourth-order valence-electron chi connectivity index (χ4n) is 0.911. The maximum atomic E-state index is 10.5. The molecule has 1 N–H and O–H groups in total. The van der Waals surface area contributed by atoms with Crippen molar-refractivity contribution in [2.45, 2.75) is 0 Å². The van der Waals surface area contributed by atoms with Crippen LogP contribution in [0.3, 0.4) is 0 Å². The molecule has 0 fully saturated rings. The number of carboxylic acids is 1. The molecule has 0 saturated carbocycles. The maximum Gasteiger partial charge on any atom is 0.335 e. The van der Waals surface area contributed by atoms with Crippen molar-refractivity contribution in [1.29, 1.82) is 0 Å². The van der Waals surface area contributed by atoms with Gasteiger partial charge in [0.05, 0.1) is 10.3 Å². The van der Waals surface area contributed by atoms with Crippen LogP contribution in [0.2, 0.25) is 0 Å². The van der Waals surface area contributed by atoms with Crippen LogP contribution < -0.4 is 0 Å². The summed E-state index contributed by atoms with van der Waals surface area (Å²) in [5.41, 5.74) is 1.01. The number of nitrogens with zero attached hydrogens (tertiary/aromatic N) is 2. The molecule has 2 aromatic rings. The molecule has 0 bridgehead atoms. The van der Waals surface area contributed by atoms with Gasteiger partial charge in [0.25, 0.3) is 0 Å². The normalized spacial score (nSPS) is 10.3. The number of rotatable bonds is 1. The second kappa shape index (κ2) is 2.53. The standard InChI is InChI=1S/C7H4N2O2S/c10-7(11)4-1-2-5-6(3-4)12-9-8-5/h1-3H,(H,10,11). The Bertz CT molecular complexity index is 438. The number of hydrogen-bond acceptors (Lipinski definition) is 4. The maximum absolute atomic E-state index is 10.5. The summed E-state index contributed by atoms with van der Waals surface area (Å²) in [6.45, 7) is 0. The molecule has 1 aromatic carbocycles. The number of carbonyl (C=O) groups is 1. The van der Waals surface area contributed by atoms with Gasteiger partial charge in [-0.25, -0.2) is 4.79 Å². The molecule has 12 heavy (non-hydrogen) atoms. The van der Waals surface area contributed by atoms with Crippen molar-refractivity contribution >= 4 is 27.7 Å². The Hall–Kier alpha value is -1.49. The minimum Gasteiger partial charge on any atom is -0.478 e. The van der Waals surface area contributed by atoms with E-state index in [2.05, 4.69) is 9.59 Å². The summed E-state index contributed by atoms with van der Waals surface area (Å²) >= 11 is 1.19. The Balaban J connectivity index is 2.68. The molecule has 5 heteroatoms. The number of benzene rings is 1. The third-order valence-corrected chi connectivity index (χ3v) is 2.18. The van der Waals surface area contributed by atoms with Crippen molar-refractivity contribution in [2.75, 3.05) is 0 Å². The first-order chi connectivity index (χ1) is 5.77. The molecule has 1 aromatic heterocycles. The molecule has 0 saturated heterocycles. The number of fused-ring (bicyclic) bond motifs is 1. The van der Waals surface area contributed by atoms with E-state index in [1.54, 1.807) is 12.1 Å². The van der Waals surface area contributed by atoms with E-state index in [9.17, 15) is 4.79 Å². The minimum atomic E-state index is -0.926. The molecule has 1 heterocycles. The molecule has 0 atom stereocenters. The third kappa shape index (κ3) is 1.04. The van der Waals surface area contributed by atoms with Gasteiger partial charge in [-0.05, 0) is 29.7 Å². The minimum absolute atomic E-state index is 0.272. The van der Waals surface area contributed by atoms with E-state index in [4.69, 9.17) is 5.11 Å². The summed E-state index contributed by atoms with van der Waals surface area (Å²) < 4.78 is 4.50. The van der Waals surface area contributed by atoms with Crippen LogP contribution in [-0.2, 0) is 0 Å². The van der Waals surface area contributed by atoms with Gasteiger partial charge in [-0.15, -0.1) is 5.10 Å². The Labute approximate surface area is 71.6 Å². The molecule has 0 unspecified atom stereocenters. The highest BCUT2D eigenvalue weighted by Gasteiger charge is 2.04. The summed E-state index contributed by atoms with van der Waals surface area (Å²) in [7, 11) is 0. The van der Waals surface area contributed by atoms with E-state index in [1.165, 1.54) is 17.6 Å². The van der Waals surface area contributed by atoms with Crippen molar-refractivity contribution in [1.82, 2.24) is 9.59 Å². The summed E-state index contributed by atoms with van der Waals surface area (Å²) in [6, 6.07) is 4.75. The van der Waals surface area contributed by atoms with E-state index >= 15 is 0 Å². The van der Waals surface area contributed by atoms with Gasteiger partial charge >= 0.3 is 5.97 Å². The molecule has 0 aliphatic rings. The van der Waals surface area contributed by atoms with E-state index in [0.29, 0.717) is 0 Å². The molecule has 2 rings (SSSR count). The Kier molecular flexibility index (Phi) is 1.51. The number of hydrogen-bond donors (Lipinski definition) is 1. The van der Waals surface area contributed by atoms with Gasteiger partial charge in [0, 0.05) is 0 Å². The average Bonchev–Trinajstić information content (AvgIpc) is 2.49. The fraction of sp³-hybridized carbons (Fsp3) is 0. The van der Waals surface area contributed by atoms with Gasteiger partial charge in [0.2, 0.25) is 0 Å². The molecule has 0 aliphatic heterocycles. The summed E-state index contributed by atoms with van der Waals surface area (Å²) in [4.78, 5) is 10.5. The summed E-state index contributed by atoms with van der Waals surface area (Å²) in [5, 5.41) is 12.4. The quantitative estimate of drug-likeness (QED) is 0.720. The van der Waals surface area contributed by atoms with Gasteiger partial charge in [-0.1, -0.05) is 4.49 Å². The lowest BCUT2D eigenvalue weighted by molar-refractivity contribution is 0.0697. The van der Waals surface area contributed by atoms with Crippen LogP contribution in [0.5, 0.6) is 0 Å². The first kappa shape index (κ1) is 7.17. The zero-order chi connectivity index (χ0) is 8.55. The smallest absolute Gasteiger partial charge is 0.335 e. The zero-order valence-corrected chi connectivity index (χ0v) is 6.71. The summed E-state index contributed by atoms with van der Waals surface area (Å²) in [5.74, 6) is -0.926. The van der Waals surface area contributed by atoms with Gasteiger partial charge in [-0.3, -0.25) is 0 Å². The average molecular weight is 180 g/mol. The Morgan fingerprint density at radius 2 is 2.33 bits per heavy atom. The first-order valence-electron chi connectivity index (χ1n) is 3.23. The van der Waals surface area contributed by atoms with Crippen LogP contribution in [0, 0.1) is 0 Å². The lowest BCUT2D eigenvalue weighted by atomic mass is 10.2. The number of carboxylic acid groups (broad SMARTS) is 1. The highest BCUT2D eigenvalue weighted by Crippen LogP contribution is 2.16. The van der Waals surface area contributed by atoms with Crippen LogP contribution in [0.15, 0.2) is 18.2 Å². The monoisotopic (exact) mass is 180 g/mol. The fourth-order valence-corrected chi connectivity index (χ4v) is 1.51. The zero-order valence-electron chi connectivity index (χ0n) is 5.89. The van der Waals surface area contributed by atoms with E-state index in [0.717, 1.165) is 10.2 Å². The second-order valence-corrected chi connectivity index (χ2v) is 3.05. The molecule has 4 nitrogen and oxygen atoms in total. The van der Waals surface area contributed by atoms with Gasteiger partial charge < -0.3 is 5.11 Å². The molecular formula is C7H4N2O2S. The summed E-state index contributed by atoms with van der Waals surface area (Å²) in [6.07, 6.45) is 0. The second-order valence-electron chi connectivity index (χ2n) is 2.26. The van der Waals surface area contributed by atoms with E-state index in [1.807, 2.05) is 0 Å². The van der Waals surface area contributed by atoms with Crippen molar-refractivity contribution < 1.29 is 9.90 Å². The predicted molar refractivity (Wildman–Crippen MR) is 44.4 cm³/mol. The van der Waals surface area contributed by atoms with Crippen LogP contribution >= 0.6 is 11.5 Å². The van der Waals surface area contributed by atoms with Crippen LogP contribution in [0.4, 0.5) is 0 Å². The van der Waals surface area contributed by atoms with Crippen molar-refractivity contribution in [2.24, 2.45) is 0 Å². The Morgan fingerprint density at radius 3 is 3.08 bits per heavy atom. The highest BCUT2D eigenvalue weighted by molar-refractivity contribution is 7.12.